The van der Waals surface area contributed by atoms with E-state index in [0.717, 1.165) is 5.56 Å². The first-order valence-electron chi connectivity index (χ1n) is 9.63. The average Bonchev–Trinajstić information content (AvgIpc) is 3.15. The molecule has 0 atom stereocenters. The first-order chi connectivity index (χ1) is 15.4. The number of carbonyl (C=O) groups is 2. The lowest BCUT2D eigenvalue weighted by molar-refractivity contribution is -0.113. The zero-order valence-electron chi connectivity index (χ0n) is 17.3. The van der Waals surface area contributed by atoms with Gasteiger partial charge in [0.15, 0.2) is 11.0 Å². The van der Waals surface area contributed by atoms with E-state index in [-0.39, 0.29) is 24.1 Å². The van der Waals surface area contributed by atoms with E-state index in [1.165, 1.54) is 23.9 Å². The zero-order valence-corrected chi connectivity index (χ0v) is 18.8. The molecule has 3 aromatic rings. The van der Waals surface area contributed by atoms with Gasteiger partial charge in [0.05, 0.1) is 22.9 Å². The van der Waals surface area contributed by atoms with Crippen LogP contribution in [0.2, 0.25) is 5.02 Å². The summed E-state index contributed by atoms with van der Waals surface area (Å²) in [4.78, 5) is 24.7. The van der Waals surface area contributed by atoms with Gasteiger partial charge in [0.2, 0.25) is 5.91 Å². The standard InChI is InChI=1S/C22H21ClFN5O2S/c1-3-10-29-19(12-25-21(31)16-6-4-5-7-17(16)23)27-28-22(29)32-13-20(30)26-18-11-15(24)9-8-14(18)2/h3-9,11H,1,10,12-13H2,2H3,(H,25,31)(H,26,30). The van der Waals surface area contributed by atoms with Gasteiger partial charge in [0, 0.05) is 12.2 Å². The maximum absolute atomic E-state index is 13.4. The fourth-order valence-corrected chi connectivity index (χ4v) is 3.80. The first kappa shape index (κ1) is 23.5. The Morgan fingerprint density at radius 3 is 2.78 bits per heavy atom. The molecule has 3 rings (SSSR count). The van der Waals surface area contributed by atoms with Crippen molar-refractivity contribution in [2.45, 2.75) is 25.2 Å². The molecular weight excluding hydrogens is 453 g/mol. The molecule has 0 aliphatic heterocycles. The number of rotatable bonds is 9. The third kappa shape index (κ3) is 5.95. The Kier molecular flexibility index (Phi) is 8.02. The fraction of sp³-hybridized carbons (Fsp3) is 0.182. The Labute approximate surface area is 194 Å². The molecule has 0 fully saturated rings. The number of hydrogen-bond donors (Lipinski definition) is 2. The number of benzene rings is 2. The van der Waals surface area contributed by atoms with Crippen molar-refractivity contribution in [1.29, 1.82) is 0 Å². The zero-order chi connectivity index (χ0) is 23.1. The molecule has 2 amide bonds. The van der Waals surface area contributed by atoms with Crippen molar-refractivity contribution < 1.29 is 14.0 Å². The highest BCUT2D eigenvalue weighted by Gasteiger charge is 2.16. The number of allylic oxidation sites excluding steroid dienone is 1. The summed E-state index contributed by atoms with van der Waals surface area (Å²) in [6, 6.07) is 11.0. The van der Waals surface area contributed by atoms with Gasteiger partial charge in [0.1, 0.15) is 5.82 Å². The number of carbonyl (C=O) groups excluding carboxylic acids is 2. The molecule has 1 aromatic heterocycles. The monoisotopic (exact) mass is 473 g/mol. The minimum atomic E-state index is -0.423. The highest BCUT2D eigenvalue weighted by molar-refractivity contribution is 7.99. The molecule has 32 heavy (non-hydrogen) atoms. The van der Waals surface area contributed by atoms with Crippen LogP contribution in [-0.2, 0) is 17.9 Å². The molecule has 7 nitrogen and oxygen atoms in total. The van der Waals surface area contributed by atoms with Crippen LogP contribution in [-0.4, -0.2) is 32.3 Å². The van der Waals surface area contributed by atoms with E-state index in [2.05, 4.69) is 27.4 Å². The highest BCUT2D eigenvalue weighted by atomic mass is 35.5. The van der Waals surface area contributed by atoms with Crippen molar-refractivity contribution >= 4 is 40.9 Å². The number of amides is 2. The van der Waals surface area contributed by atoms with Crippen LogP contribution >= 0.6 is 23.4 Å². The summed E-state index contributed by atoms with van der Waals surface area (Å²) >= 11 is 7.24. The predicted octanol–water partition coefficient (Wildman–Crippen LogP) is 4.23. The number of hydrogen-bond acceptors (Lipinski definition) is 5. The second-order valence-corrected chi connectivity index (χ2v) is 8.11. The van der Waals surface area contributed by atoms with Crippen molar-refractivity contribution in [3.05, 3.63) is 82.9 Å². The summed E-state index contributed by atoms with van der Waals surface area (Å²) in [5.74, 6) is -0.493. The van der Waals surface area contributed by atoms with E-state index in [1.54, 1.807) is 47.9 Å². The molecule has 1 heterocycles. The number of aryl methyl sites for hydroxylation is 1. The van der Waals surface area contributed by atoms with Gasteiger partial charge in [-0.1, -0.05) is 47.6 Å². The molecule has 2 aromatic carbocycles. The van der Waals surface area contributed by atoms with Crippen LogP contribution in [0.5, 0.6) is 0 Å². The second-order valence-electron chi connectivity index (χ2n) is 6.76. The van der Waals surface area contributed by atoms with Crippen LogP contribution in [0.1, 0.15) is 21.7 Å². The smallest absolute Gasteiger partial charge is 0.253 e. The van der Waals surface area contributed by atoms with E-state index in [9.17, 15) is 14.0 Å². The van der Waals surface area contributed by atoms with E-state index >= 15 is 0 Å². The molecule has 166 valence electrons. The summed E-state index contributed by atoms with van der Waals surface area (Å²) in [6.07, 6.45) is 1.67. The quantitative estimate of drug-likeness (QED) is 0.358. The predicted molar refractivity (Wildman–Crippen MR) is 123 cm³/mol. The number of aromatic nitrogens is 3. The third-order valence-corrected chi connectivity index (χ3v) is 5.73. The maximum Gasteiger partial charge on any atom is 0.253 e. The van der Waals surface area contributed by atoms with Crippen molar-refractivity contribution in [3.63, 3.8) is 0 Å². The summed E-state index contributed by atoms with van der Waals surface area (Å²) in [7, 11) is 0. The van der Waals surface area contributed by atoms with Crippen LogP contribution in [0, 0.1) is 12.7 Å². The van der Waals surface area contributed by atoms with E-state index in [4.69, 9.17) is 11.6 Å². The van der Waals surface area contributed by atoms with Crippen molar-refractivity contribution in [2.75, 3.05) is 11.1 Å². The van der Waals surface area contributed by atoms with Gasteiger partial charge in [-0.2, -0.15) is 0 Å². The highest BCUT2D eigenvalue weighted by Crippen LogP contribution is 2.20. The first-order valence-corrected chi connectivity index (χ1v) is 11.0. The van der Waals surface area contributed by atoms with Gasteiger partial charge in [-0.15, -0.1) is 16.8 Å². The van der Waals surface area contributed by atoms with Crippen LogP contribution in [0.4, 0.5) is 10.1 Å². The molecule has 0 bridgehead atoms. The Morgan fingerprint density at radius 1 is 1.25 bits per heavy atom. The normalized spacial score (nSPS) is 10.6. The lowest BCUT2D eigenvalue weighted by Gasteiger charge is -2.10. The lowest BCUT2D eigenvalue weighted by atomic mass is 10.2. The average molecular weight is 474 g/mol. The van der Waals surface area contributed by atoms with Gasteiger partial charge < -0.3 is 15.2 Å². The maximum atomic E-state index is 13.4. The van der Waals surface area contributed by atoms with Crippen LogP contribution in [0.3, 0.4) is 0 Å². The van der Waals surface area contributed by atoms with Gasteiger partial charge >= 0.3 is 0 Å². The third-order valence-electron chi connectivity index (χ3n) is 4.44. The van der Waals surface area contributed by atoms with Crippen LogP contribution in [0.25, 0.3) is 0 Å². The number of nitrogens with one attached hydrogen (secondary N) is 2. The molecular formula is C22H21ClFN5O2S. The van der Waals surface area contributed by atoms with Gasteiger partial charge in [-0.3, -0.25) is 9.59 Å². The number of anilines is 1. The summed E-state index contributed by atoms with van der Waals surface area (Å²) < 4.78 is 15.2. The number of thioether (sulfide) groups is 1. The summed E-state index contributed by atoms with van der Waals surface area (Å²) in [5.41, 5.74) is 1.55. The largest absolute Gasteiger partial charge is 0.345 e. The SMILES string of the molecule is C=CCn1c(CNC(=O)c2ccccc2Cl)nnc1SCC(=O)Nc1cc(F)ccc1C. The molecule has 0 saturated carbocycles. The Balaban J connectivity index is 1.63. The van der Waals surface area contributed by atoms with Crippen molar-refractivity contribution in [2.24, 2.45) is 0 Å². The van der Waals surface area contributed by atoms with Crippen LogP contribution < -0.4 is 10.6 Å². The van der Waals surface area contributed by atoms with Gasteiger partial charge in [-0.25, -0.2) is 4.39 Å². The van der Waals surface area contributed by atoms with Crippen molar-refractivity contribution in [3.8, 4) is 0 Å². The summed E-state index contributed by atoms with van der Waals surface area (Å²) in [6.45, 7) is 6.05. The number of halogens is 2. The minimum absolute atomic E-state index is 0.0528. The van der Waals surface area contributed by atoms with E-state index < -0.39 is 5.82 Å². The number of nitrogens with zero attached hydrogens (tertiary/aromatic N) is 3. The fourth-order valence-electron chi connectivity index (χ4n) is 2.81. The Bertz CT molecular complexity index is 1150. The second kappa shape index (κ2) is 10.9. The topological polar surface area (TPSA) is 88.9 Å². The summed E-state index contributed by atoms with van der Waals surface area (Å²) in [5, 5.41) is 14.6. The van der Waals surface area contributed by atoms with Gasteiger partial charge in [0.25, 0.3) is 5.91 Å². The minimum Gasteiger partial charge on any atom is -0.345 e. The van der Waals surface area contributed by atoms with Crippen molar-refractivity contribution in [1.82, 2.24) is 20.1 Å². The lowest BCUT2D eigenvalue weighted by Crippen LogP contribution is -2.25. The van der Waals surface area contributed by atoms with E-state index in [0.29, 0.717) is 33.8 Å². The molecule has 0 radical (unpaired) electrons. The Hall–Kier alpha value is -3.17. The molecule has 0 aliphatic carbocycles. The molecule has 0 unspecified atom stereocenters. The molecule has 2 N–H and O–H groups in total. The van der Waals surface area contributed by atoms with Gasteiger partial charge in [-0.05, 0) is 36.8 Å². The molecule has 0 aliphatic rings. The molecule has 0 spiro atoms. The molecule has 10 heteroatoms. The van der Waals surface area contributed by atoms with Crippen LogP contribution in [0.15, 0.2) is 60.3 Å². The molecule has 0 saturated heterocycles. The van der Waals surface area contributed by atoms with E-state index in [1.807, 2.05) is 0 Å². The Morgan fingerprint density at radius 2 is 2.03 bits per heavy atom.